The average molecular weight is 432 g/mol. The zero-order valence-corrected chi connectivity index (χ0v) is 18.0. The Morgan fingerprint density at radius 2 is 2.00 bits per heavy atom. The second kappa shape index (κ2) is 7.01. The number of fused-ring (bicyclic) bond motifs is 3. The number of carbonyl (C=O) groups is 2. The Morgan fingerprint density at radius 1 is 1.22 bits per heavy atom. The quantitative estimate of drug-likeness (QED) is 0.655. The van der Waals surface area contributed by atoms with Crippen molar-refractivity contribution in [1.82, 2.24) is 24.8 Å². The highest BCUT2D eigenvalue weighted by Crippen LogP contribution is 2.45. The lowest BCUT2D eigenvalue weighted by Gasteiger charge is -2.38. The van der Waals surface area contributed by atoms with Gasteiger partial charge in [-0.2, -0.15) is 0 Å². The van der Waals surface area contributed by atoms with Crippen LogP contribution in [0.3, 0.4) is 0 Å². The summed E-state index contributed by atoms with van der Waals surface area (Å²) in [5.41, 5.74) is 2.78. The van der Waals surface area contributed by atoms with Gasteiger partial charge in [0.2, 0.25) is 11.7 Å². The topological polar surface area (TPSA) is 105 Å². The molecule has 2 N–H and O–H groups in total. The summed E-state index contributed by atoms with van der Waals surface area (Å²) in [6, 6.07) is 7.96. The molecule has 0 unspecified atom stereocenters. The van der Waals surface area contributed by atoms with E-state index in [4.69, 9.17) is 0 Å². The van der Waals surface area contributed by atoms with Gasteiger partial charge in [-0.3, -0.25) is 9.59 Å². The van der Waals surface area contributed by atoms with E-state index in [-0.39, 0.29) is 11.8 Å². The summed E-state index contributed by atoms with van der Waals surface area (Å²) in [4.78, 5) is 41.2. The summed E-state index contributed by atoms with van der Waals surface area (Å²) in [6.07, 6.45) is 5.27. The van der Waals surface area contributed by atoms with Crippen LogP contribution < -0.4 is 15.5 Å². The molecule has 0 bridgehead atoms. The number of aryl methyl sites for hydroxylation is 1. The molecule has 1 aromatic carbocycles. The molecule has 9 heteroatoms. The van der Waals surface area contributed by atoms with Gasteiger partial charge in [0.05, 0.1) is 5.41 Å². The largest absolute Gasteiger partial charge is 0.355 e. The van der Waals surface area contributed by atoms with Gasteiger partial charge in [0.15, 0.2) is 17.0 Å². The highest BCUT2D eigenvalue weighted by molar-refractivity contribution is 6.06. The van der Waals surface area contributed by atoms with Crippen molar-refractivity contribution >= 4 is 34.5 Å². The van der Waals surface area contributed by atoms with E-state index in [0.717, 1.165) is 11.3 Å². The van der Waals surface area contributed by atoms with Gasteiger partial charge in [-0.15, -0.1) is 0 Å². The van der Waals surface area contributed by atoms with E-state index in [1.165, 1.54) is 19.2 Å². The van der Waals surface area contributed by atoms with Crippen LogP contribution in [0.25, 0.3) is 11.2 Å². The SMILES string of the molecule is Cn1c(C(=O)NCC2CC2)nc2c(N3CCC4(CC3)C(=O)Nc3ccccc34)ncnc21. The van der Waals surface area contributed by atoms with Crippen LogP contribution in [0.2, 0.25) is 0 Å². The summed E-state index contributed by atoms with van der Waals surface area (Å²) >= 11 is 0. The van der Waals surface area contributed by atoms with Crippen molar-refractivity contribution in [2.45, 2.75) is 31.1 Å². The number of nitrogens with zero attached hydrogens (tertiary/aromatic N) is 5. The molecule has 2 aromatic heterocycles. The lowest BCUT2D eigenvalue weighted by atomic mass is 9.73. The number of piperidine rings is 1. The molecule has 3 aromatic rings. The molecule has 2 amide bonds. The third kappa shape index (κ3) is 2.87. The van der Waals surface area contributed by atoms with Crippen LogP contribution in [-0.2, 0) is 17.3 Å². The number of carbonyl (C=O) groups excluding carboxylic acids is 2. The first kappa shape index (κ1) is 19.2. The minimum absolute atomic E-state index is 0.0821. The van der Waals surface area contributed by atoms with Gasteiger partial charge in [0.1, 0.15) is 6.33 Å². The second-order valence-electron chi connectivity index (χ2n) is 9.09. The maximum absolute atomic E-state index is 12.9. The first-order valence-corrected chi connectivity index (χ1v) is 11.2. The number of hydrogen-bond donors (Lipinski definition) is 2. The van der Waals surface area contributed by atoms with Gasteiger partial charge in [0.25, 0.3) is 5.91 Å². The Balaban J connectivity index is 1.28. The summed E-state index contributed by atoms with van der Waals surface area (Å²) in [5, 5.41) is 6.03. The predicted molar refractivity (Wildman–Crippen MR) is 120 cm³/mol. The molecule has 4 heterocycles. The molecular weight excluding hydrogens is 406 g/mol. The molecule has 0 atom stereocenters. The van der Waals surface area contributed by atoms with Crippen molar-refractivity contribution in [2.24, 2.45) is 13.0 Å². The van der Waals surface area contributed by atoms with E-state index in [9.17, 15) is 9.59 Å². The third-order valence-electron chi connectivity index (χ3n) is 7.13. The molecule has 1 aliphatic carbocycles. The molecule has 3 aliphatic rings. The fourth-order valence-corrected chi connectivity index (χ4v) is 5.03. The van der Waals surface area contributed by atoms with E-state index < -0.39 is 5.41 Å². The van der Waals surface area contributed by atoms with E-state index in [2.05, 4.69) is 36.6 Å². The minimum Gasteiger partial charge on any atom is -0.355 e. The molecule has 2 fully saturated rings. The monoisotopic (exact) mass is 431 g/mol. The molecule has 0 radical (unpaired) electrons. The summed E-state index contributed by atoms with van der Waals surface area (Å²) < 4.78 is 1.73. The van der Waals surface area contributed by atoms with E-state index >= 15 is 0 Å². The Hall–Kier alpha value is -3.49. The number of rotatable bonds is 4. The van der Waals surface area contributed by atoms with Gasteiger partial charge < -0.3 is 20.1 Å². The van der Waals surface area contributed by atoms with Gasteiger partial charge >= 0.3 is 0 Å². The van der Waals surface area contributed by atoms with E-state index in [1.807, 2.05) is 25.2 Å². The summed E-state index contributed by atoms with van der Waals surface area (Å²) in [5.74, 6) is 1.56. The molecule has 6 rings (SSSR count). The van der Waals surface area contributed by atoms with Crippen LogP contribution in [0.15, 0.2) is 30.6 Å². The molecule has 2 aliphatic heterocycles. The first-order valence-electron chi connectivity index (χ1n) is 11.2. The van der Waals surface area contributed by atoms with Crippen molar-refractivity contribution in [2.75, 3.05) is 29.9 Å². The second-order valence-corrected chi connectivity index (χ2v) is 9.09. The highest BCUT2D eigenvalue weighted by Gasteiger charge is 2.48. The zero-order chi connectivity index (χ0) is 21.9. The van der Waals surface area contributed by atoms with Crippen molar-refractivity contribution in [3.8, 4) is 0 Å². The fourth-order valence-electron chi connectivity index (χ4n) is 5.03. The third-order valence-corrected chi connectivity index (χ3v) is 7.13. The average Bonchev–Trinajstić information content (AvgIpc) is 3.54. The molecule has 32 heavy (non-hydrogen) atoms. The maximum atomic E-state index is 12.9. The van der Waals surface area contributed by atoms with Gasteiger partial charge in [0, 0.05) is 32.4 Å². The Kier molecular flexibility index (Phi) is 4.21. The van der Waals surface area contributed by atoms with Gasteiger partial charge in [-0.25, -0.2) is 15.0 Å². The van der Waals surface area contributed by atoms with E-state index in [0.29, 0.717) is 61.2 Å². The smallest absolute Gasteiger partial charge is 0.287 e. The van der Waals surface area contributed by atoms with Crippen molar-refractivity contribution in [1.29, 1.82) is 0 Å². The van der Waals surface area contributed by atoms with Crippen molar-refractivity contribution in [3.63, 3.8) is 0 Å². The van der Waals surface area contributed by atoms with Crippen molar-refractivity contribution in [3.05, 3.63) is 42.0 Å². The molecule has 1 saturated carbocycles. The standard InChI is InChI=1S/C23H25N7O2/c1-29-18-17(28-20(29)21(31)24-12-14-6-7-14)19(26-13-25-18)30-10-8-23(9-11-30)15-4-2-3-5-16(15)27-22(23)32/h2-5,13-14H,6-12H2,1H3,(H,24,31)(H,27,32). The van der Waals surface area contributed by atoms with Crippen molar-refractivity contribution < 1.29 is 9.59 Å². The fraction of sp³-hybridized carbons (Fsp3) is 0.435. The lowest BCUT2D eigenvalue weighted by molar-refractivity contribution is -0.121. The molecule has 9 nitrogen and oxygen atoms in total. The van der Waals surface area contributed by atoms with Crippen LogP contribution in [0.4, 0.5) is 11.5 Å². The number of para-hydroxylation sites is 1. The minimum atomic E-state index is -0.489. The normalized spacial score (nSPS) is 19.3. The number of nitrogens with one attached hydrogen (secondary N) is 2. The maximum Gasteiger partial charge on any atom is 0.287 e. The highest BCUT2D eigenvalue weighted by atomic mass is 16.2. The van der Waals surface area contributed by atoms with E-state index in [1.54, 1.807) is 4.57 Å². The summed E-state index contributed by atoms with van der Waals surface area (Å²) in [7, 11) is 1.81. The Morgan fingerprint density at radius 3 is 2.78 bits per heavy atom. The number of amides is 2. The number of aromatic nitrogens is 4. The lowest BCUT2D eigenvalue weighted by Crippen LogP contribution is -2.46. The van der Waals surface area contributed by atoms with Gasteiger partial charge in [-0.1, -0.05) is 18.2 Å². The van der Waals surface area contributed by atoms with Crippen LogP contribution >= 0.6 is 0 Å². The van der Waals surface area contributed by atoms with Crippen LogP contribution in [0.1, 0.15) is 41.9 Å². The number of imidazole rings is 1. The Bertz CT molecular complexity index is 1240. The van der Waals surface area contributed by atoms with Crippen LogP contribution in [0, 0.1) is 5.92 Å². The number of hydrogen-bond acceptors (Lipinski definition) is 6. The predicted octanol–water partition coefficient (Wildman–Crippen LogP) is 1.99. The number of benzene rings is 1. The Labute approximate surface area is 185 Å². The van der Waals surface area contributed by atoms with Crippen LogP contribution in [-0.4, -0.2) is 51.0 Å². The molecular formula is C23H25N7O2. The molecule has 1 spiro atoms. The molecule has 1 saturated heterocycles. The summed E-state index contributed by atoms with van der Waals surface area (Å²) in [6.45, 7) is 2.04. The zero-order valence-electron chi connectivity index (χ0n) is 18.0. The van der Waals surface area contributed by atoms with Gasteiger partial charge in [-0.05, 0) is 43.2 Å². The first-order chi connectivity index (χ1) is 15.6. The molecule has 164 valence electrons. The number of anilines is 2. The van der Waals surface area contributed by atoms with Crippen LogP contribution in [0.5, 0.6) is 0 Å².